The van der Waals surface area contributed by atoms with Gasteiger partial charge in [-0.3, -0.25) is 14.4 Å². The Hall–Kier alpha value is -3.12. The first kappa shape index (κ1) is 32.1. The van der Waals surface area contributed by atoms with E-state index in [1.54, 1.807) is 12.1 Å². The highest BCUT2D eigenvalue weighted by atomic mass is 79.9. The smallest absolute Gasteiger partial charge is 0.326 e. The van der Waals surface area contributed by atoms with E-state index in [2.05, 4.69) is 47.4 Å². The molecule has 0 aromatic heterocycles. The van der Waals surface area contributed by atoms with Crippen LogP contribution >= 0.6 is 31.9 Å². The second-order valence-electron chi connectivity index (χ2n) is 8.93. The maximum atomic E-state index is 12.8. The normalized spacial score (nSPS) is 12.2. The van der Waals surface area contributed by atoms with Gasteiger partial charge in [0.2, 0.25) is 5.91 Å². The summed E-state index contributed by atoms with van der Waals surface area (Å²) in [5.41, 5.74) is 2.84. The van der Waals surface area contributed by atoms with Gasteiger partial charge < -0.3 is 30.5 Å². The summed E-state index contributed by atoms with van der Waals surface area (Å²) in [7, 11) is 0. The lowest BCUT2D eigenvalue weighted by Gasteiger charge is -2.23. The first-order valence-electron chi connectivity index (χ1n) is 12.3. The number of anilines is 1. The number of carboxylic acids is 2. The summed E-state index contributed by atoms with van der Waals surface area (Å²) in [6, 6.07) is 8.66. The third-order valence-corrected chi connectivity index (χ3v) is 6.56. The standard InChI is InChI=1S/C27H33Br2N3O7/c1-16-14-19(26(36)30-18(3)25(35)31-22(27(37)38)8-9-23(33)34)15-17(2)24(16)39-21-6-4-20(5-7-21)32(12-10-28)13-11-29/h4-7,14-15,18,22H,8-13H2,1-3H3,(H,30,36)(H,31,35)(H,33,34)(H,37,38). The minimum Gasteiger partial charge on any atom is -0.481 e. The summed E-state index contributed by atoms with van der Waals surface area (Å²) in [4.78, 5) is 49.6. The summed E-state index contributed by atoms with van der Waals surface area (Å²) in [5, 5.41) is 24.5. The zero-order valence-electron chi connectivity index (χ0n) is 22.0. The number of halogens is 2. The van der Waals surface area contributed by atoms with E-state index in [0.717, 1.165) is 40.6 Å². The van der Waals surface area contributed by atoms with Gasteiger partial charge in [-0.15, -0.1) is 0 Å². The van der Waals surface area contributed by atoms with E-state index in [0.29, 0.717) is 17.1 Å². The van der Waals surface area contributed by atoms with Gasteiger partial charge in [0.1, 0.15) is 23.6 Å². The molecule has 39 heavy (non-hydrogen) atoms. The summed E-state index contributed by atoms with van der Waals surface area (Å²) in [6.07, 6.45) is -0.687. The number of nitrogens with zero attached hydrogens (tertiary/aromatic N) is 1. The van der Waals surface area contributed by atoms with E-state index in [9.17, 15) is 24.3 Å². The van der Waals surface area contributed by atoms with Crippen LogP contribution in [0.2, 0.25) is 0 Å². The first-order valence-corrected chi connectivity index (χ1v) is 14.5. The summed E-state index contributed by atoms with van der Waals surface area (Å²) in [6.45, 7) is 6.80. The molecule has 0 saturated carbocycles. The van der Waals surface area contributed by atoms with Crippen LogP contribution in [0.5, 0.6) is 11.5 Å². The van der Waals surface area contributed by atoms with E-state index < -0.39 is 42.3 Å². The highest BCUT2D eigenvalue weighted by molar-refractivity contribution is 9.09. The maximum absolute atomic E-state index is 12.8. The van der Waals surface area contributed by atoms with Crippen LogP contribution in [0.25, 0.3) is 0 Å². The van der Waals surface area contributed by atoms with Crippen LogP contribution in [-0.4, -0.2) is 69.8 Å². The molecule has 12 heteroatoms. The third kappa shape index (κ3) is 9.85. The number of nitrogens with one attached hydrogen (secondary N) is 2. The fourth-order valence-corrected chi connectivity index (χ4v) is 4.68. The monoisotopic (exact) mass is 669 g/mol. The van der Waals surface area contributed by atoms with Gasteiger partial charge in [0.25, 0.3) is 5.91 Å². The number of hydrogen-bond acceptors (Lipinski definition) is 6. The minimum absolute atomic E-state index is 0.272. The van der Waals surface area contributed by atoms with Crippen molar-refractivity contribution in [3.8, 4) is 11.5 Å². The summed E-state index contributed by atoms with van der Waals surface area (Å²) < 4.78 is 6.12. The van der Waals surface area contributed by atoms with Gasteiger partial charge >= 0.3 is 11.9 Å². The Morgan fingerprint density at radius 2 is 1.51 bits per heavy atom. The Bertz CT molecular complexity index is 1150. The zero-order chi connectivity index (χ0) is 29.1. The highest BCUT2D eigenvalue weighted by Crippen LogP contribution is 2.31. The van der Waals surface area contributed by atoms with Crippen LogP contribution in [0.1, 0.15) is 41.3 Å². The number of carboxylic acid groups (broad SMARTS) is 2. The fraction of sp³-hybridized carbons (Fsp3) is 0.407. The van der Waals surface area contributed by atoms with Crippen molar-refractivity contribution in [1.82, 2.24) is 10.6 Å². The Morgan fingerprint density at radius 1 is 0.949 bits per heavy atom. The molecule has 0 aliphatic heterocycles. The Balaban J connectivity index is 2.07. The third-order valence-electron chi connectivity index (χ3n) is 5.86. The van der Waals surface area contributed by atoms with Crippen molar-refractivity contribution in [2.75, 3.05) is 28.6 Å². The van der Waals surface area contributed by atoms with Crippen molar-refractivity contribution >= 4 is 61.3 Å². The Kier molecular flexibility index (Phi) is 12.7. The molecule has 2 atom stereocenters. The van der Waals surface area contributed by atoms with E-state index in [1.165, 1.54) is 6.92 Å². The second kappa shape index (κ2) is 15.5. The average Bonchev–Trinajstić information content (AvgIpc) is 2.88. The largest absolute Gasteiger partial charge is 0.481 e. The molecule has 2 rings (SSSR count). The van der Waals surface area contributed by atoms with E-state index >= 15 is 0 Å². The molecule has 2 aromatic carbocycles. The molecule has 0 spiro atoms. The number of benzene rings is 2. The first-order chi connectivity index (χ1) is 18.5. The highest BCUT2D eigenvalue weighted by Gasteiger charge is 2.25. The van der Waals surface area contributed by atoms with Gasteiger partial charge in [-0.05, 0) is 74.7 Å². The molecule has 2 unspecified atom stereocenters. The number of amides is 2. The molecule has 4 N–H and O–H groups in total. The lowest BCUT2D eigenvalue weighted by Crippen LogP contribution is -2.50. The number of carbonyl (C=O) groups excluding carboxylic acids is 2. The average molecular weight is 671 g/mol. The van der Waals surface area contributed by atoms with E-state index in [4.69, 9.17) is 9.84 Å². The SMILES string of the molecule is Cc1cc(C(=O)NC(C)C(=O)NC(CCC(=O)O)C(=O)O)cc(C)c1Oc1ccc(N(CCBr)CCBr)cc1. The Labute approximate surface area is 244 Å². The second-order valence-corrected chi connectivity index (χ2v) is 10.5. The van der Waals surface area contributed by atoms with Crippen molar-refractivity contribution < 1.29 is 34.1 Å². The van der Waals surface area contributed by atoms with Gasteiger partial charge in [-0.2, -0.15) is 0 Å². The maximum Gasteiger partial charge on any atom is 0.326 e. The molecule has 2 amide bonds. The van der Waals surface area contributed by atoms with Gasteiger partial charge in [0.15, 0.2) is 0 Å². The van der Waals surface area contributed by atoms with E-state index in [1.807, 2.05) is 38.1 Å². The molecular formula is C27H33Br2N3O7. The lowest BCUT2D eigenvalue weighted by molar-refractivity contribution is -0.143. The van der Waals surface area contributed by atoms with Crippen LogP contribution < -0.4 is 20.3 Å². The van der Waals surface area contributed by atoms with Crippen molar-refractivity contribution in [3.63, 3.8) is 0 Å². The van der Waals surface area contributed by atoms with Crippen LogP contribution in [0, 0.1) is 13.8 Å². The number of aliphatic carboxylic acids is 2. The quantitative estimate of drug-likeness (QED) is 0.206. The molecular weight excluding hydrogens is 638 g/mol. The molecule has 0 fully saturated rings. The van der Waals surface area contributed by atoms with Crippen molar-refractivity contribution in [3.05, 3.63) is 53.1 Å². The lowest BCUT2D eigenvalue weighted by atomic mass is 10.0. The molecule has 0 aliphatic carbocycles. The Morgan fingerprint density at radius 3 is 2.00 bits per heavy atom. The fourth-order valence-electron chi connectivity index (χ4n) is 3.83. The molecule has 2 aromatic rings. The number of hydrogen-bond donors (Lipinski definition) is 4. The number of rotatable bonds is 15. The van der Waals surface area contributed by atoms with Gasteiger partial charge in [0.05, 0.1) is 0 Å². The number of carbonyl (C=O) groups is 4. The topological polar surface area (TPSA) is 145 Å². The zero-order valence-corrected chi connectivity index (χ0v) is 25.2. The molecule has 0 saturated heterocycles. The number of alkyl halides is 2. The molecule has 0 radical (unpaired) electrons. The van der Waals surface area contributed by atoms with Crippen LogP contribution in [0.15, 0.2) is 36.4 Å². The van der Waals surface area contributed by atoms with Crippen LogP contribution in [0.4, 0.5) is 5.69 Å². The van der Waals surface area contributed by atoms with Crippen LogP contribution in [0.3, 0.4) is 0 Å². The van der Waals surface area contributed by atoms with Gasteiger partial charge in [0, 0.05) is 41.4 Å². The number of ether oxygens (including phenoxy) is 1. The molecule has 212 valence electrons. The predicted octanol–water partition coefficient (Wildman–Crippen LogP) is 4.24. The summed E-state index contributed by atoms with van der Waals surface area (Å²) >= 11 is 6.97. The van der Waals surface area contributed by atoms with Crippen molar-refractivity contribution in [2.24, 2.45) is 0 Å². The van der Waals surface area contributed by atoms with Crippen molar-refractivity contribution in [2.45, 2.75) is 45.7 Å². The molecule has 0 heterocycles. The van der Waals surface area contributed by atoms with E-state index in [-0.39, 0.29) is 6.42 Å². The minimum atomic E-state index is -1.38. The number of aryl methyl sites for hydroxylation is 2. The predicted molar refractivity (Wildman–Crippen MR) is 156 cm³/mol. The van der Waals surface area contributed by atoms with Crippen LogP contribution in [-0.2, 0) is 14.4 Å². The van der Waals surface area contributed by atoms with Gasteiger partial charge in [-0.25, -0.2) is 4.79 Å². The van der Waals surface area contributed by atoms with Crippen molar-refractivity contribution in [1.29, 1.82) is 0 Å². The molecule has 10 nitrogen and oxygen atoms in total. The van der Waals surface area contributed by atoms with Gasteiger partial charge in [-0.1, -0.05) is 31.9 Å². The summed E-state index contributed by atoms with van der Waals surface area (Å²) in [5.74, 6) is -2.50. The molecule has 0 aliphatic rings. The molecule has 0 bridgehead atoms.